The molecule has 0 unspecified atom stereocenters. The van der Waals surface area contributed by atoms with Crippen molar-refractivity contribution in [1.82, 2.24) is 22.8 Å². The third-order valence-electron chi connectivity index (χ3n) is 8.33. The van der Waals surface area contributed by atoms with Crippen LogP contribution in [0.2, 0.25) is 0 Å². The molecular formula is C37H26N5Si. The van der Waals surface area contributed by atoms with Crippen LogP contribution in [0.15, 0.2) is 158 Å². The standard InChI is InChI=1S/C37H26N5Si/c1-3-14-27(15-4-1)43(28-16-5-2-6-17-28)42-30-19-8-7-18-29(30)37-33(42)26-36-40(31-20-9-10-21-32(31)41(36)37)35-23-13-22-34(38-35)39-24-11-12-25-39/h1-26H. The van der Waals surface area contributed by atoms with Crippen molar-refractivity contribution in [2.24, 2.45) is 0 Å². The van der Waals surface area contributed by atoms with Gasteiger partial charge in [-0.05, 0) is 52.8 Å². The van der Waals surface area contributed by atoms with Crippen molar-refractivity contribution < 1.29 is 0 Å². The Bertz CT molecular complexity index is 2360. The molecule has 0 aliphatic heterocycles. The number of rotatable bonds is 5. The molecule has 0 saturated heterocycles. The molecule has 0 aliphatic rings. The first kappa shape index (κ1) is 24.0. The highest BCUT2D eigenvalue weighted by atomic mass is 28.3. The van der Waals surface area contributed by atoms with Gasteiger partial charge < -0.3 is 8.80 Å². The van der Waals surface area contributed by atoms with Crippen LogP contribution in [0.25, 0.3) is 50.3 Å². The second kappa shape index (κ2) is 9.47. The molecule has 1 radical (unpaired) electrons. The van der Waals surface area contributed by atoms with E-state index < -0.39 is 8.96 Å². The van der Waals surface area contributed by atoms with Gasteiger partial charge in [0.2, 0.25) is 8.96 Å². The highest BCUT2D eigenvalue weighted by molar-refractivity contribution is 6.85. The summed E-state index contributed by atoms with van der Waals surface area (Å²) in [6.07, 6.45) is 4.07. The summed E-state index contributed by atoms with van der Waals surface area (Å²) in [5.74, 6) is 1.79. The van der Waals surface area contributed by atoms with Crippen molar-refractivity contribution in [3.63, 3.8) is 0 Å². The summed E-state index contributed by atoms with van der Waals surface area (Å²) in [6.45, 7) is 0. The van der Waals surface area contributed by atoms with Gasteiger partial charge in [-0.1, -0.05) is 97.1 Å². The molecule has 5 aromatic heterocycles. The van der Waals surface area contributed by atoms with E-state index in [2.05, 4.69) is 151 Å². The number of para-hydroxylation sites is 3. The van der Waals surface area contributed by atoms with Crippen LogP contribution in [0.5, 0.6) is 0 Å². The predicted octanol–water partition coefficient (Wildman–Crippen LogP) is 6.83. The molecule has 6 heteroatoms. The minimum absolute atomic E-state index is 0.892. The number of fused-ring (bicyclic) bond motifs is 7. The van der Waals surface area contributed by atoms with Crippen molar-refractivity contribution in [3.8, 4) is 11.6 Å². The van der Waals surface area contributed by atoms with E-state index in [1.165, 1.54) is 32.3 Å². The van der Waals surface area contributed by atoms with Crippen molar-refractivity contribution in [2.45, 2.75) is 0 Å². The van der Waals surface area contributed by atoms with Gasteiger partial charge >= 0.3 is 0 Å². The molecule has 5 nitrogen and oxygen atoms in total. The molecular weight excluding hydrogens is 543 g/mol. The van der Waals surface area contributed by atoms with Crippen molar-refractivity contribution in [3.05, 3.63) is 158 Å². The van der Waals surface area contributed by atoms with E-state index in [4.69, 9.17) is 4.98 Å². The van der Waals surface area contributed by atoms with Gasteiger partial charge in [0, 0.05) is 29.4 Å². The Morgan fingerprint density at radius 3 is 1.81 bits per heavy atom. The Balaban J connectivity index is 1.41. The summed E-state index contributed by atoms with van der Waals surface area (Å²) < 4.78 is 9.41. The Hall–Kier alpha value is -5.59. The number of hydrogen-bond donors (Lipinski definition) is 0. The summed E-state index contributed by atoms with van der Waals surface area (Å²) in [5.41, 5.74) is 7.12. The van der Waals surface area contributed by atoms with Gasteiger partial charge in [-0.25, -0.2) is 4.98 Å². The van der Waals surface area contributed by atoms with E-state index in [9.17, 15) is 0 Å². The Morgan fingerprint density at radius 2 is 1.09 bits per heavy atom. The van der Waals surface area contributed by atoms with Crippen LogP contribution in [0.4, 0.5) is 0 Å². The zero-order valence-electron chi connectivity index (χ0n) is 23.2. The van der Waals surface area contributed by atoms with Crippen LogP contribution < -0.4 is 10.4 Å². The van der Waals surface area contributed by atoms with Crippen LogP contribution in [-0.4, -0.2) is 31.7 Å². The van der Waals surface area contributed by atoms with E-state index in [1.807, 2.05) is 24.5 Å². The Kier molecular flexibility index (Phi) is 5.30. The van der Waals surface area contributed by atoms with Crippen LogP contribution in [0.1, 0.15) is 0 Å². The number of benzene rings is 4. The monoisotopic (exact) mass is 568 g/mol. The quantitative estimate of drug-likeness (QED) is 0.210. The van der Waals surface area contributed by atoms with Gasteiger partial charge in [0.15, 0.2) is 0 Å². The maximum Gasteiger partial charge on any atom is 0.247 e. The molecule has 203 valence electrons. The molecule has 0 spiro atoms. The SMILES string of the molecule is c1ccc([Si](c2ccccc2)n2c3ccccc3c3c2cc2n(-c4cccc(-n5cccc5)n4)c4ccccc4n32)cc1. The second-order valence-corrected chi connectivity index (χ2v) is 13.1. The van der Waals surface area contributed by atoms with E-state index in [0.717, 1.165) is 28.3 Å². The van der Waals surface area contributed by atoms with Gasteiger partial charge in [-0.2, -0.15) is 0 Å². The lowest BCUT2D eigenvalue weighted by atomic mass is 10.2. The maximum absolute atomic E-state index is 5.14. The average molecular weight is 569 g/mol. The van der Waals surface area contributed by atoms with Crippen LogP contribution in [-0.2, 0) is 0 Å². The van der Waals surface area contributed by atoms with Crippen LogP contribution >= 0.6 is 0 Å². The largest absolute Gasteiger partial charge is 0.358 e. The Labute approximate surface area is 249 Å². The molecule has 0 N–H and O–H groups in total. The van der Waals surface area contributed by atoms with Gasteiger partial charge in [-0.3, -0.25) is 8.97 Å². The van der Waals surface area contributed by atoms with Crippen molar-refractivity contribution in [2.75, 3.05) is 0 Å². The lowest BCUT2D eigenvalue weighted by molar-refractivity contribution is 0.968. The van der Waals surface area contributed by atoms with Crippen molar-refractivity contribution >= 4 is 57.9 Å². The molecule has 9 rings (SSSR count). The third-order valence-corrected chi connectivity index (χ3v) is 11.0. The minimum Gasteiger partial charge on any atom is -0.358 e. The summed E-state index contributed by atoms with van der Waals surface area (Å²) in [7, 11) is -1.40. The molecule has 0 fully saturated rings. The molecule has 0 aliphatic carbocycles. The van der Waals surface area contributed by atoms with Gasteiger partial charge in [0.25, 0.3) is 0 Å². The average Bonchev–Trinajstić information content (AvgIpc) is 3.85. The van der Waals surface area contributed by atoms with Crippen molar-refractivity contribution in [1.29, 1.82) is 0 Å². The fourth-order valence-electron chi connectivity index (χ4n) is 6.55. The summed E-state index contributed by atoms with van der Waals surface area (Å²) in [6, 6.07) is 52.2. The number of hydrogen-bond acceptors (Lipinski definition) is 1. The van der Waals surface area contributed by atoms with E-state index in [-0.39, 0.29) is 0 Å². The molecule has 0 atom stereocenters. The molecule has 0 bridgehead atoms. The van der Waals surface area contributed by atoms with Gasteiger partial charge in [0.05, 0.1) is 22.1 Å². The molecule has 43 heavy (non-hydrogen) atoms. The number of nitrogens with zero attached hydrogens (tertiary/aromatic N) is 5. The minimum atomic E-state index is -1.40. The molecule has 9 aromatic rings. The van der Waals surface area contributed by atoms with E-state index >= 15 is 0 Å². The van der Waals surface area contributed by atoms with Gasteiger partial charge in [-0.15, -0.1) is 0 Å². The zero-order chi connectivity index (χ0) is 28.3. The van der Waals surface area contributed by atoms with E-state index in [1.54, 1.807) is 0 Å². The summed E-state index contributed by atoms with van der Waals surface area (Å²) >= 11 is 0. The normalized spacial score (nSPS) is 11.9. The smallest absolute Gasteiger partial charge is 0.247 e. The topological polar surface area (TPSA) is 32.1 Å². The first-order valence-corrected chi connectivity index (χ1v) is 15.9. The second-order valence-electron chi connectivity index (χ2n) is 10.8. The third kappa shape index (κ3) is 3.60. The summed E-state index contributed by atoms with van der Waals surface area (Å²) in [4.78, 5) is 5.14. The first-order valence-electron chi connectivity index (χ1n) is 14.5. The fraction of sp³-hybridized carbons (Fsp3) is 0. The highest BCUT2D eigenvalue weighted by Crippen LogP contribution is 2.37. The van der Waals surface area contributed by atoms with Crippen LogP contribution in [0, 0.1) is 0 Å². The first-order chi connectivity index (χ1) is 21.4. The number of pyridine rings is 1. The molecule has 5 heterocycles. The molecule has 0 amide bonds. The van der Waals surface area contributed by atoms with E-state index in [0.29, 0.717) is 0 Å². The fourth-order valence-corrected chi connectivity index (χ4v) is 9.27. The zero-order valence-corrected chi connectivity index (χ0v) is 24.2. The summed E-state index contributed by atoms with van der Waals surface area (Å²) in [5, 5.41) is 3.96. The number of imidazole rings is 1. The van der Waals surface area contributed by atoms with Crippen LogP contribution in [0.3, 0.4) is 0 Å². The predicted molar refractivity (Wildman–Crippen MR) is 178 cm³/mol. The lowest BCUT2D eigenvalue weighted by Crippen LogP contribution is -2.48. The maximum atomic E-state index is 5.14. The molecule has 0 saturated carbocycles. The lowest BCUT2D eigenvalue weighted by Gasteiger charge is -2.19. The Morgan fingerprint density at radius 1 is 0.488 bits per heavy atom. The van der Waals surface area contributed by atoms with Gasteiger partial charge in [0.1, 0.15) is 17.3 Å². The number of aromatic nitrogens is 5. The molecule has 4 aromatic carbocycles. The highest BCUT2D eigenvalue weighted by Gasteiger charge is 2.28.